The summed E-state index contributed by atoms with van der Waals surface area (Å²) < 4.78 is 50.1. The molecule has 0 aliphatic heterocycles. The third-order valence-electron chi connectivity index (χ3n) is 5.49. The second-order valence-electron chi connectivity index (χ2n) is 10.6. The van der Waals surface area contributed by atoms with Crippen molar-refractivity contribution in [3.63, 3.8) is 0 Å². The lowest BCUT2D eigenvalue weighted by molar-refractivity contribution is -0.274. The van der Waals surface area contributed by atoms with Crippen LogP contribution in [-0.2, 0) is 6.54 Å². The first-order valence-corrected chi connectivity index (χ1v) is 13.3. The van der Waals surface area contributed by atoms with Gasteiger partial charge in [0.05, 0.1) is 13.2 Å². The van der Waals surface area contributed by atoms with E-state index in [0.29, 0.717) is 18.9 Å². The molecule has 0 amide bonds. The molecule has 0 atom stereocenters. The highest BCUT2D eigenvalue weighted by atomic mass is 19.4. The van der Waals surface area contributed by atoms with Crippen molar-refractivity contribution in [2.24, 2.45) is 5.73 Å². The van der Waals surface area contributed by atoms with Gasteiger partial charge in [-0.2, -0.15) is 0 Å². The molecule has 4 nitrogen and oxygen atoms in total. The van der Waals surface area contributed by atoms with Gasteiger partial charge < -0.3 is 19.8 Å². The SMILES string of the molecule is CC(C)(C)N.CCCCCCCCCCOc1cc(OC(F)(F)F)ccc1Cn1cc2ccccc2c1. The van der Waals surface area contributed by atoms with Crippen LogP contribution in [-0.4, -0.2) is 23.1 Å². The zero-order chi connectivity index (χ0) is 27.3. The first kappa shape index (κ1) is 30.6. The normalized spacial score (nSPS) is 11.8. The molecule has 0 fully saturated rings. The summed E-state index contributed by atoms with van der Waals surface area (Å²) in [6.45, 7) is 9.09. The minimum atomic E-state index is -4.73. The highest BCUT2D eigenvalue weighted by Crippen LogP contribution is 2.30. The van der Waals surface area contributed by atoms with Crippen LogP contribution in [0.3, 0.4) is 0 Å². The van der Waals surface area contributed by atoms with Crippen LogP contribution in [0.25, 0.3) is 10.8 Å². The van der Waals surface area contributed by atoms with Gasteiger partial charge in [-0.15, -0.1) is 13.2 Å². The van der Waals surface area contributed by atoms with E-state index in [4.69, 9.17) is 10.5 Å². The summed E-state index contributed by atoms with van der Waals surface area (Å²) in [7, 11) is 0. The summed E-state index contributed by atoms with van der Waals surface area (Å²) in [5.41, 5.74) is 6.17. The van der Waals surface area contributed by atoms with Gasteiger partial charge >= 0.3 is 6.36 Å². The van der Waals surface area contributed by atoms with E-state index in [-0.39, 0.29) is 11.3 Å². The van der Waals surface area contributed by atoms with Crippen LogP contribution in [0, 0.1) is 0 Å². The van der Waals surface area contributed by atoms with E-state index in [1.165, 1.54) is 44.2 Å². The lowest BCUT2D eigenvalue weighted by atomic mass is 10.1. The highest BCUT2D eigenvalue weighted by molar-refractivity contribution is 5.82. The quantitative estimate of drug-likeness (QED) is 0.229. The summed E-state index contributed by atoms with van der Waals surface area (Å²) in [4.78, 5) is 0. The first-order chi connectivity index (χ1) is 17.4. The van der Waals surface area contributed by atoms with Gasteiger partial charge in [-0.05, 0) is 50.1 Å². The number of hydrogen-bond acceptors (Lipinski definition) is 3. The molecule has 2 N–H and O–H groups in total. The second kappa shape index (κ2) is 14.9. The van der Waals surface area contributed by atoms with Crippen molar-refractivity contribution >= 4 is 10.8 Å². The predicted octanol–water partition coefficient (Wildman–Crippen LogP) is 8.85. The Morgan fingerprint density at radius 2 is 1.35 bits per heavy atom. The Morgan fingerprint density at radius 1 is 0.811 bits per heavy atom. The molecule has 1 aromatic heterocycles. The van der Waals surface area contributed by atoms with E-state index < -0.39 is 6.36 Å². The summed E-state index contributed by atoms with van der Waals surface area (Å²) in [6, 6.07) is 12.4. The second-order valence-corrected chi connectivity index (χ2v) is 10.6. The van der Waals surface area contributed by atoms with Gasteiger partial charge in [0.2, 0.25) is 0 Å². The number of unbranched alkanes of at least 4 members (excludes halogenated alkanes) is 7. The standard InChI is InChI=1S/C26H32F3NO2.C4H11N/c1-2-3-4-5-6-7-8-11-16-31-25-17-24(32-26(27,28)29)15-14-23(25)20-30-18-21-12-9-10-13-22(21)19-30;1-4(2,3)5/h9-10,12-15,17-19H,2-8,11,16,20H2,1H3;5H2,1-3H3. The molecule has 0 aliphatic rings. The molecule has 0 saturated heterocycles. The number of alkyl halides is 3. The van der Waals surface area contributed by atoms with Crippen LogP contribution in [0.5, 0.6) is 11.5 Å². The lowest BCUT2D eigenvalue weighted by Gasteiger charge is -2.15. The molecule has 3 aromatic rings. The fourth-order valence-electron chi connectivity index (χ4n) is 3.84. The van der Waals surface area contributed by atoms with Gasteiger partial charge in [0.25, 0.3) is 0 Å². The molecule has 206 valence electrons. The van der Waals surface area contributed by atoms with Crippen molar-refractivity contribution in [1.82, 2.24) is 4.57 Å². The number of benzene rings is 2. The fraction of sp³-hybridized carbons (Fsp3) is 0.533. The molecular formula is C30H43F3N2O2. The van der Waals surface area contributed by atoms with E-state index in [1.807, 2.05) is 62.0 Å². The van der Waals surface area contributed by atoms with Crippen molar-refractivity contribution in [2.45, 2.75) is 97.5 Å². The topological polar surface area (TPSA) is 49.4 Å². The number of ether oxygens (including phenoxy) is 2. The third-order valence-corrected chi connectivity index (χ3v) is 5.49. The average molecular weight is 521 g/mol. The van der Waals surface area contributed by atoms with Crippen molar-refractivity contribution in [2.75, 3.05) is 6.61 Å². The molecule has 0 radical (unpaired) electrons. The van der Waals surface area contributed by atoms with Crippen LogP contribution in [0.15, 0.2) is 54.9 Å². The van der Waals surface area contributed by atoms with Crippen LogP contribution in [0.4, 0.5) is 13.2 Å². The zero-order valence-electron chi connectivity index (χ0n) is 22.7. The average Bonchev–Trinajstić information content (AvgIpc) is 3.20. The van der Waals surface area contributed by atoms with Gasteiger partial charge in [0.15, 0.2) is 0 Å². The Bertz CT molecular complexity index is 1020. The Labute approximate surface area is 219 Å². The molecule has 37 heavy (non-hydrogen) atoms. The van der Waals surface area contributed by atoms with Gasteiger partial charge in [0.1, 0.15) is 11.5 Å². The zero-order valence-corrected chi connectivity index (χ0v) is 22.7. The summed E-state index contributed by atoms with van der Waals surface area (Å²) >= 11 is 0. The molecule has 0 bridgehead atoms. The Balaban J connectivity index is 0.000000877. The monoisotopic (exact) mass is 520 g/mol. The number of nitrogens with zero attached hydrogens (tertiary/aromatic N) is 1. The summed E-state index contributed by atoms with van der Waals surface area (Å²) in [6.07, 6.45) is 8.73. The number of halogens is 3. The molecule has 0 spiro atoms. The van der Waals surface area contributed by atoms with Crippen LogP contribution in [0.1, 0.15) is 84.6 Å². The van der Waals surface area contributed by atoms with Crippen molar-refractivity contribution in [1.29, 1.82) is 0 Å². The van der Waals surface area contributed by atoms with Crippen LogP contribution < -0.4 is 15.2 Å². The number of nitrogens with two attached hydrogens (primary N) is 1. The van der Waals surface area contributed by atoms with Gasteiger partial charge in [-0.25, -0.2) is 0 Å². The minimum Gasteiger partial charge on any atom is -0.493 e. The molecule has 3 rings (SSSR count). The Kier molecular flexibility index (Phi) is 12.3. The first-order valence-electron chi connectivity index (χ1n) is 13.3. The molecule has 2 aromatic carbocycles. The number of fused-ring (bicyclic) bond motifs is 1. The molecule has 7 heteroatoms. The van der Waals surface area contributed by atoms with Gasteiger partial charge in [-0.1, -0.05) is 76.1 Å². The van der Waals surface area contributed by atoms with E-state index in [2.05, 4.69) is 11.7 Å². The molecule has 1 heterocycles. The van der Waals surface area contributed by atoms with E-state index >= 15 is 0 Å². The summed E-state index contributed by atoms with van der Waals surface area (Å²) in [5.74, 6) is 0.178. The van der Waals surface area contributed by atoms with Crippen molar-refractivity contribution in [3.8, 4) is 11.5 Å². The van der Waals surface area contributed by atoms with E-state index in [0.717, 1.165) is 35.6 Å². The van der Waals surface area contributed by atoms with E-state index in [1.54, 1.807) is 6.07 Å². The maximum Gasteiger partial charge on any atom is 0.573 e. The number of aromatic nitrogens is 1. The highest BCUT2D eigenvalue weighted by Gasteiger charge is 2.31. The summed E-state index contributed by atoms with van der Waals surface area (Å²) in [5, 5.41) is 2.23. The van der Waals surface area contributed by atoms with E-state index in [9.17, 15) is 13.2 Å². The van der Waals surface area contributed by atoms with Gasteiger partial charge in [-0.3, -0.25) is 0 Å². The lowest BCUT2D eigenvalue weighted by Crippen LogP contribution is -2.26. The molecular weight excluding hydrogens is 477 g/mol. The largest absolute Gasteiger partial charge is 0.573 e. The Hall–Kier alpha value is -2.67. The van der Waals surface area contributed by atoms with Crippen LogP contribution >= 0.6 is 0 Å². The molecule has 0 aliphatic carbocycles. The minimum absolute atomic E-state index is 0. The van der Waals surface area contributed by atoms with Gasteiger partial charge in [0, 0.05) is 29.6 Å². The molecule has 0 saturated carbocycles. The Morgan fingerprint density at radius 3 is 1.89 bits per heavy atom. The number of rotatable bonds is 13. The third kappa shape index (κ3) is 13.4. The smallest absolute Gasteiger partial charge is 0.493 e. The maximum atomic E-state index is 12.7. The maximum absolute atomic E-state index is 12.7. The predicted molar refractivity (Wildman–Crippen MR) is 146 cm³/mol. The molecule has 0 unspecified atom stereocenters. The number of hydrogen-bond donors (Lipinski definition) is 1. The van der Waals surface area contributed by atoms with Crippen LogP contribution in [0.2, 0.25) is 0 Å². The van der Waals surface area contributed by atoms with Crippen molar-refractivity contribution in [3.05, 3.63) is 60.4 Å². The van der Waals surface area contributed by atoms with Crippen molar-refractivity contribution < 1.29 is 22.6 Å². The fourth-order valence-corrected chi connectivity index (χ4v) is 3.84.